The maximum atomic E-state index is 12.2. The number of hydrogen-bond acceptors (Lipinski definition) is 2. The number of rotatable bonds is 2. The average Bonchev–Trinajstić information content (AvgIpc) is 2.26. The van der Waals surface area contributed by atoms with E-state index in [1.807, 2.05) is 0 Å². The number of alkyl halides is 3. The molecule has 0 spiro atoms. The Hall–Kier alpha value is -2.24. The Labute approximate surface area is 99.4 Å². The zero-order valence-electron chi connectivity index (χ0n) is 8.86. The van der Waals surface area contributed by atoms with Crippen molar-refractivity contribution in [3.8, 4) is 5.75 Å². The number of hydrogen-bond donors (Lipinski definition) is 1. The van der Waals surface area contributed by atoms with E-state index in [2.05, 4.69) is 4.74 Å². The first-order chi connectivity index (χ1) is 8.38. The minimum absolute atomic E-state index is 0.201. The molecule has 0 saturated heterocycles. The lowest BCUT2D eigenvalue weighted by atomic mass is 10.0. The van der Waals surface area contributed by atoms with Gasteiger partial charge in [0.15, 0.2) is 0 Å². The molecular formula is C12H7F3O3. The van der Waals surface area contributed by atoms with Crippen molar-refractivity contribution in [3.63, 3.8) is 0 Å². The van der Waals surface area contributed by atoms with Gasteiger partial charge in [-0.05, 0) is 16.8 Å². The van der Waals surface area contributed by atoms with E-state index in [1.165, 1.54) is 12.1 Å². The van der Waals surface area contributed by atoms with Gasteiger partial charge in [0.05, 0.1) is 0 Å². The van der Waals surface area contributed by atoms with Crippen molar-refractivity contribution in [2.24, 2.45) is 0 Å². The summed E-state index contributed by atoms with van der Waals surface area (Å²) in [6, 6.07) is 8.63. The first-order valence-corrected chi connectivity index (χ1v) is 4.89. The summed E-state index contributed by atoms with van der Waals surface area (Å²) in [7, 11) is 0. The number of carboxylic acid groups (broad SMARTS) is 1. The van der Waals surface area contributed by atoms with Crippen molar-refractivity contribution in [1.29, 1.82) is 0 Å². The van der Waals surface area contributed by atoms with Crippen LogP contribution in [0, 0.1) is 0 Å². The number of ether oxygens (including phenoxy) is 1. The van der Waals surface area contributed by atoms with Gasteiger partial charge in [-0.1, -0.05) is 30.3 Å². The van der Waals surface area contributed by atoms with Gasteiger partial charge < -0.3 is 9.84 Å². The molecule has 6 heteroatoms. The van der Waals surface area contributed by atoms with E-state index < -0.39 is 23.6 Å². The zero-order valence-corrected chi connectivity index (χ0v) is 8.86. The lowest BCUT2D eigenvalue weighted by Gasteiger charge is -2.12. The molecule has 0 unspecified atom stereocenters. The zero-order chi connectivity index (χ0) is 13.3. The number of halogens is 3. The molecule has 1 N–H and O–H groups in total. The smallest absolute Gasteiger partial charge is 0.478 e. The van der Waals surface area contributed by atoms with Crippen LogP contribution in [0.25, 0.3) is 10.8 Å². The summed E-state index contributed by atoms with van der Waals surface area (Å²) in [6.07, 6.45) is -4.92. The Morgan fingerprint density at radius 3 is 2.39 bits per heavy atom. The van der Waals surface area contributed by atoms with Crippen LogP contribution in [0.2, 0.25) is 0 Å². The summed E-state index contributed by atoms with van der Waals surface area (Å²) in [5.41, 5.74) is -0.495. The molecule has 0 aromatic heterocycles. The Morgan fingerprint density at radius 1 is 1.11 bits per heavy atom. The molecule has 18 heavy (non-hydrogen) atoms. The number of fused-ring (bicyclic) bond motifs is 1. The summed E-state index contributed by atoms with van der Waals surface area (Å²) >= 11 is 0. The van der Waals surface area contributed by atoms with Gasteiger partial charge in [-0.25, -0.2) is 4.79 Å². The van der Waals surface area contributed by atoms with Crippen molar-refractivity contribution >= 4 is 16.7 Å². The fourth-order valence-electron chi connectivity index (χ4n) is 1.68. The third kappa shape index (κ3) is 2.37. The second-order valence-electron chi connectivity index (χ2n) is 3.51. The average molecular weight is 256 g/mol. The largest absolute Gasteiger partial charge is 0.573 e. The van der Waals surface area contributed by atoms with Gasteiger partial charge in [0.25, 0.3) is 0 Å². The number of carbonyl (C=O) groups is 1. The predicted molar refractivity (Wildman–Crippen MR) is 57.6 cm³/mol. The molecule has 2 aromatic carbocycles. The van der Waals surface area contributed by atoms with Gasteiger partial charge in [0, 0.05) is 0 Å². The van der Waals surface area contributed by atoms with Crippen molar-refractivity contribution < 1.29 is 27.8 Å². The van der Waals surface area contributed by atoms with Gasteiger partial charge in [-0.3, -0.25) is 0 Å². The summed E-state index contributed by atoms with van der Waals surface area (Å²) in [5, 5.41) is 9.75. The van der Waals surface area contributed by atoms with E-state index in [-0.39, 0.29) is 5.39 Å². The van der Waals surface area contributed by atoms with Gasteiger partial charge in [0.1, 0.15) is 11.3 Å². The van der Waals surface area contributed by atoms with Gasteiger partial charge in [0.2, 0.25) is 0 Å². The topological polar surface area (TPSA) is 46.5 Å². The molecule has 0 fully saturated rings. The minimum Gasteiger partial charge on any atom is -0.478 e. The maximum Gasteiger partial charge on any atom is 0.573 e. The van der Waals surface area contributed by atoms with Crippen LogP contribution < -0.4 is 4.74 Å². The lowest BCUT2D eigenvalue weighted by molar-refractivity contribution is -0.274. The molecule has 0 aliphatic carbocycles. The Morgan fingerprint density at radius 2 is 1.78 bits per heavy atom. The molecule has 3 nitrogen and oxygen atoms in total. The van der Waals surface area contributed by atoms with Crippen molar-refractivity contribution in [2.75, 3.05) is 0 Å². The van der Waals surface area contributed by atoms with Crippen LogP contribution in [0.3, 0.4) is 0 Å². The summed E-state index contributed by atoms with van der Waals surface area (Å²) < 4.78 is 40.2. The number of aromatic carboxylic acids is 1. The van der Waals surface area contributed by atoms with Crippen molar-refractivity contribution in [3.05, 3.63) is 42.0 Å². The molecule has 0 aliphatic heterocycles. The Balaban J connectivity index is 2.67. The predicted octanol–water partition coefficient (Wildman–Crippen LogP) is 3.44. The molecular weight excluding hydrogens is 249 g/mol. The fourth-order valence-corrected chi connectivity index (χ4v) is 1.68. The van der Waals surface area contributed by atoms with Gasteiger partial charge >= 0.3 is 12.3 Å². The molecule has 0 saturated carbocycles. The molecule has 0 amide bonds. The molecule has 0 radical (unpaired) electrons. The highest BCUT2D eigenvalue weighted by molar-refractivity contribution is 6.06. The molecule has 2 aromatic rings. The Kier molecular flexibility index (Phi) is 2.86. The molecule has 0 atom stereocenters. The highest BCUT2D eigenvalue weighted by atomic mass is 19.4. The van der Waals surface area contributed by atoms with Gasteiger partial charge in [-0.2, -0.15) is 0 Å². The first-order valence-electron chi connectivity index (χ1n) is 4.89. The maximum absolute atomic E-state index is 12.2. The highest BCUT2D eigenvalue weighted by Crippen LogP contribution is 2.31. The van der Waals surface area contributed by atoms with E-state index in [0.29, 0.717) is 5.39 Å². The van der Waals surface area contributed by atoms with Crippen LogP contribution in [0.1, 0.15) is 10.4 Å². The second-order valence-corrected chi connectivity index (χ2v) is 3.51. The molecule has 0 bridgehead atoms. The Bertz CT molecular complexity index is 605. The lowest BCUT2D eigenvalue weighted by Crippen LogP contribution is -2.19. The normalized spacial score (nSPS) is 11.5. The number of carboxylic acids is 1. The minimum atomic E-state index is -4.92. The third-order valence-corrected chi connectivity index (χ3v) is 2.33. The van der Waals surface area contributed by atoms with E-state index in [0.717, 1.165) is 6.07 Å². The van der Waals surface area contributed by atoms with Crippen LogP contribution in [-0.2, 0) is 0 Å². The fraction of sp³-hybridized carbons (Fsp3) is 0.0833. The van der Waals surface area contributed by atoms with Crippen LogP contribution in [0.5, 0.6) is 5.75 Å². The highest BCUT2D eigenvalue weighted by Gasteiger charge is 2.33. The van der Waals surface area contributed by atoms with Gasteiger partial charge in [-0.15, -0.1) is 13.2 Å². The summed E-state index contributed by atoms with van der Waals surface area (Å²) in [5.74, 6) is -2.18. The van der Waals surface area contributed by atoms with E-state index >= 15 is 0 Å². The van der Waals surface area contributed by atoms with Crippen molar-refractivity contribution in [2.45, 2.75) is 6.36 Å². The SMILES string of the molecule is O=C(O)c1c(OC(F)(F)F)ccc2ccccc12. The van der Waals surface area contributed by atoms with Crippen LogP contribution in [-0.4, -0.2) is 17.4 Å². The molecule has 94 valence electrons. The summed E-state index contributed by atoms with van der Waals surface area (Å²) in [4.78, 5) is 11.1. The quantitative estimate of drug-likeness (QED) is 0.895. The summed E-state index contributed by atoms with van der Waals surface area (Å²) in [6.45, 7) is 0. The standard InChI is InChI=1S/C12H7F3O3/c13-12(14,15)18-9-6-5-7-3-1-2-4-8(7)10(9)11(16)17/h1-6H,(H,16,17). The monoisotopic (exact) mass is 256 g/mol. The third-order valence-electron chi connectivity index (χ3n) is 2.33. The van der Waals surface area contributed by atoms with Crippen LogP contribution >= 0.6 is 0 Å². The first kappa shape index (κ1) is 12.2. The molecule has 2 rings (SSSR count). The van der Waals surface area contributed by atoms with Crippen LogP contribution in [0.4, 0.5) is 13.2 Å². The van der Waals surface area contributed by atoms with E-state index in [1.54, 1.807) is 18.2 Å². The molecule has 0 aliphatic rings. The van der Waals surface area contributed by atoms with E-state index in [4.69, 9.17) is 5.11 Å². The van der Waals surface area contributed by atoms with Crippen LogP contribution in [0.15, 0.2) is 36.4 Å². The molecule has 0 heterocycles. The second kappa shape index (κ2) is 4.21. The van der Waals surface area contributed by atoms with Crippen molar-refractivity contribution in [1.82, 2.24) is 0 Å². The number of benzene rings is 2. The van der Waals surface area contributed by atoms with E-state index in [9.17, 15) is 18.0 Å².